The molecule has 0 radical (unpaired) electrons. The first-order valence-corrected chi connectivity index (χ1v) is 15.4. The van der Waals surface area contributed by atoms with E-state index in [1.807, 2.05) is 0 Å². The summed E-state index contributed by atoms with van der Waals surface area (Å²) >= 11 is 0. The van der Waals surface area contributed by atoms with Gasteiger partial charge in [-0.25, -0.2) is 0 Å². The van der Waals surface area contributed by atoms with Crippen LogP contribution in [0.4, 0.5) is 0 Å². The molecule has 0 amide bonds. The molecule has 0 aliphatic carbocycles. The molecule has 10 rings (SSSR count). The topological polar surface area (TPSA) is 23.0 Å². The minimum absolute atomic E-state index is 0.889. The van der Waals surface area contributed by atoms with Crippen molar-refractivity contribution >= 4 is 65.6 Å². The Morgan fingerprint density at radius 2 is 0.778 bits per heavy atom. The molecule has 0 fully saturated rings. The molecule has 0 N–H and O–H groups in total. The Hall–Kier alpha value is -6.06. The predicted octanol–water partition coefficient (Wildman–Crippen LogP) is 11.4. The number of aromatic nitrogens is 2. The van der Waals surface area contributed by atoms with Gasteiger partial charge in [0.25, 0.3) is 0 Å². The monoisotopic (exact) mass is 574 g/mol. The number of furan rings is 1. The zero-order valence-corrected chi connectivity index (χ0v) is 24.3. The molecule has 3 heterocycles. The van der Waals surface area contributed by atoms with E-state index in [1.54, 1.807) is 0 Å². The summed E-state index contributed by atoms with van der Waals surface area (Å²) in [4.78, 5) is 0. The van der Waals surface area contributed by atoms with Gasteiger partial charge in [-0.05, 0) is 77.9 Å². The highest BCUT2D eigenvalue weighted by molar-refractivity contribution is 6.13. The van der Waals surface area contributed by atoms with Crippen LogP contribution in [0, 0.1) is 0 Å². The summed E-state index contributed by atoms with van der Waals surface area (Å²) in [5, 5.41) is 7.23. The molecule has 0 spiro atoms. The fraction of sp³-hybridized carbons (Fsp3) is 0. The summed E-state index contributed by atoms with van der Waals surface area (Å²) in [7, 11) is 0. The molecule has 210 valence electrons. The number of fused-ring (bicyclic) bond motifs is 9. The molecule has 3 aromatic heterocycles. The van der Waals surface area contributed by atoms with Gasteiger partial charge in [0.15, 0.2) is 0 Å². The third-order valence-corrected chi connectivity index (χ3v) is 9.31. The fourth-order valence-electron chi connectivity index (χ4n) is 7.29. The lowest BCUT2D eigenvalue weighted by molar-refractivity contribution is 0.669. The van der Waals surface area contributed by atoms with Gasteiger partial charge in [0.2, 0.25) is 0 Å². The molecule has 0 saturated carbocycles. The molecule has 45 heavy (non-hydrogen) atoms. The highest BCUT2D eigenvalue weighted by atomic mass is 16.3. The second kappa shape index (κ2) is 9.22. The van der Waals surface area contributed by atoms with Crippen molar-refractivity contribution in [3.8, 4) is 22.5 Å². The van der Waals surface area contributed by atoms with E-state index in [0.717, 1.165) is 33.3 Å². The maximum Gasteiger partial charge on any atom is 0.135 e. The van der Waals surface area contributed by atoms with E-state index in [-0.39, 0.29) is 0 Å². The molecule has 10 aromatic rings. The van der Waals surface area contributed by atoms with Crippen molar-refractivity contribution < 1.29 is 4.42 Å². The van der Waals surface area contributed by atoms with Crippen LogP contribution in [0.25, 0.3) is 88.1 Å². The van der Waals surface area contributed by atoms with E-state index >= 15 is 0 Å². The summed E-state index contributed by atoms with van der Waals surface area (Å²) in [6.07, 6.45) is 0. The SMILES string of the molecule is c1ccc(-c2ccc3c(c2)c2ccccc2n3-c2ccc3oc4ccc(-n5c6ccccc6c6ccccc65)cc4c3c2)cc1. The zero-order valence-electron chi connectivity index (χ0n) is 24.3. The first-order valence-electron chi connectivity index (χ1n) is 15.4. The van der Waals surface area contributed by atoms with Gasteiger partial charge in [0.05, 0.1) is 22.1 Å². The van der Waals surface area contributed by atoms with Gasteiger partial charge in [0, 0.05) is 43.7 Å². The molecule has 7 aromatic carbocycles. The van der Waals surface area contributed by atoms with Crippen LogP contribution < -0.4 is 0 Å². The molecular formula is C42H26N2O. The van der Waals surface area contributed by atoms with E-state index < -0.39 is 0 Å². The lowest BCUT2D eigenvalue weighted by Crippen LogP contribution is -1.94. The standard InChI is InChI=1S/C42H26N2O/c1-2-10-27(11-3-1)28-18-21-40-34(24-28)33-14-6-9-17-39(33)44(40)30-20-23-42-36(26-30)35-25-29(19-22-41(35)45-42)43-37-15-7-4-12-31(37)32-13-5-8-16-38(32)43/h1-26H. The van der Waals surface area contributed by atoms with Gasteiger partial charge in [-0.3, -0.25) is 0 Å². The van der Waals surface area contributed by atoms with E-state index in [2.05, 4.69) is 167 Å². The maximum absolute atomic E-state index is 6.39. The summed E-state index contributed by atoms with van der Waals surface area (Å²) in [5.74, 6) is 0. The lowest BCUT2D eigenvalue weighted by atomic mass is 10.0. The van der Waals surface area contributed by atoms with Crippen molar-refractivity contribution in [3.63, 3.8) is 0 Å². The molecule has 3 nitrogen and oxygen atoms in total. The third-order valence-electron chi connectivity index (χ3n) is 9.31. The van der Waals surface area contributed by atoms with Gasteiger partial charge in [-0.1, -0.05) is 91.0 Å². The van der Waals surface area contributed by atoms with Gasteiger partial charge in [-0.15, -0.1) is 0 Å². The Bertz CT molecular complexity index is 2710. The first-order chi connectivity index (χ1) is 22.3. The number of hydrogen-bond acceptors (Lipinski definition) is 1. The van der Waals surface area contributed by atoms with E-state index in [1.165, 1.54) is 54.7 Å². The van der Waals surface area contributed by atoms with Crippen LogP contribution in [0.3, 0.4) is 0 Å². The highest BCUT2D eigenvalue weighted by Crippen LogP contribution is 2.39. The number of rotatable bonds is 3. The number of benzene rings is 7. The molecule has 0 aliphatic heterocycles. The Morgan fingerprint density at radius 1 is 0.311 bits per heavy atom. The first kappa shape index (κ1) is 24.4. The fourth-order valence-corrected chi connectivity index (χ4v) is 7.29. The minimum Gasteiger partial charge on any atom is -0.456 e. The molecule has 0 bridgehead atoms. The Morgan fingerprint density at radius 3 is 1.33 bits per heavy atom. The van der Waals surface area contributed by atoms with Gasteiger partial charge < -0.3 is 13.6 Å². The van der Waals surface area contributed by atoms with E-state index in [0.29, 0.717) is 0 Å². The molecule has 0 saturated heterocycles. The largest absolute Gasteiger partial charge is 0.456 e. The van der Waals surface area contributed by atoms with Crippen LogP contribution in [0.1, 0.15) is 0 Å². The lowest BCUT2D eigenvalue weighted by Gasteiger charge is -2.09. The van der Waals surface area contributed by atoms with Crippen molar-refractivity contribution in [1.29, 1.82) is 0 Å². The van der Waals surface area contributed by atoms with Gasteiger partial charge in [-0.2, -0.15) is 0 Å². The average molecular weight is 575 g/mol. The van der Waals surface area contributed by atoms with Crippen LogP contribution in [0.5, 0.6) is 0 Å². The second-order valence-electron chi connectivity index (χ2n) is 11.8. The summed E-state index contributed by atoms with van der Waals surface area (Å²) in [5.41, 5.74) is 11.2. The zero-order chi connectivity index (χ0) is 29.5. The Balaban J connectivity index is 1.20. The van der Waals surface area contributed by atoms with Crippen LogP contribution in [-0.4, -0.2) is 9.13 Å². The summed E-state index contributed by atoms with van der Waals surface area (Å²) < 4.78 is 11.1. The molecule has 3 heteroatoms. The van der Waals surface area contributed by atoms with Gasteiger partial charge >= 0.3 is 0 Å². The van der Waals surface area contributed by atoms with E-state index in [4.69, 9.17) is 4.42 Å². The van der Waals surface area contributed by atoms with Crippen molar-refractivity contribution in [2.24, 2.45) is 0 Å². The normalized spacial score (nSPS) is 12.0. The quantitative estimate of drug-likeness (QED) is 0.206. The van der Waals surface area contributed by atoms with Crippen molar-refractivity contribution in [3.05, 3.63) is 158 Å². The Kier molecular flexibility index (Phi) is 5.00. The summed E-state index contributed by atoms with van der Waals surface area (Å²) in [6, 6.07) is 56.5. The average Bonchev–Trinajstić information content (AvgIpc) is 3.75. The predicted molar refractivity (Wildman–Crippen MR) is 188 cm³/mol. The van der Waals surface area contributed by atoms with Crippen molar-refractivity contribution in [2.45, 2.75) is 0 Å². The minimum atomic E-state index is 0.889. The molecular weight excluding hydrogens is 548 g/mol. The number of para-hydroxylation sites is 3. The Labute approximate surface area is 258 Å². The van der Waals surface area contributed by atoms with Crippen LogP contribution in [0.2, 0.25) is 0 Å². The van der Waals surface area contributed by atoms with Crippen molar-refractivity contribution in [1.82, 2.24) is 9.13 Å². The van der Waals surface area contributed by atoms with Crippen LogP contribution >= 0.6 is 0 Å². The third kappa shape index (κ3) is 3.52. The van der Waals surface area contributed by atoms with E-state index in [9.17, 15) is 0 Å². The number of hydrogen-bond donors (Lipinski definition) is 0. The van der Waals surface area contributed by atoms with Crippen LogP contribution in [-0.2, 0) is 0 Å². The maximum atomic E-state index is 6.39. The number of nitrogens with zero attached hydrogens (tertiary/aromatic N) is 2. The molecule has 0 aliphatic rings. The molecule has 0 atom stereocenters. The highest BCUT2D eigenvalue weighted by Gasteiger charge is 2.17. The summed E-state index contributed by atoms with van der Waals surface area (Å²) in [6.45, 7) is 0. The van der Waals surface area contributed by atoms with Crippen LogP contribution in [0.15, 0.2) is 162 Å². The molecule has 0 unspecified atom stereocenters. The smallest absolute Gasteiger partial charge is 0.135 e. The second-order valence-corrected chi connectivity index (χ2v) is 11.8. The van der Waals surface area contributed by atoms with Crippen molar-refractivity contribution in [2.75, 3.05) is 0 Å². The van der Waals surface area contributed by atoms with Gasteiger partial charge in [0.1, 0.15) is 11.2 Å².